The predicted molar refractivity (Wildman–Crippen MR) is 73.3 cm³/mol. The van der Waals surface area contributed by atoms with Crippen LogP contribution in [-0.4, -0.2) is 23.6 Å². The summed E-state index contributed by atoms with van der Waals surface area (Å²) in [7, 11) is 1.83. The van der Waals surface area contributed by atoms with Gasteiger partial charge in [-0.3, -0.25) is 0 Å². The van der Waals surface area contributed by atoms with Crippen molar-refractivity contribution < 1.29 is 0 Å². The van der Waals surface area contributed by atoms with Gasteiger partial charge in [0.05, 0.1) is 11.1 Å². The summed E-state index contributed by atoms with van der Waals surface area (Å²) in [6.07, 6.45) is 1.49. The highest BCUT2D eigenvalue weighted by Crippen LogP contribution is 2.26. The summed E-state index contributed by atoms with van der Waals surface area (Å²) in [5, 5.41) is 15.0. The number of anilines is 3. The van der Waals surface area contributed by atoms with E-state index in [4.69, 9.17) is 5.26 Å². The number of nitriles is 1. The van der Waals surface area contributed by atoms with Crippen molar-refractivity contribution in [1.29, 1.82) is 5.26 Å². The molecule has 0 atom stereocenters. The number of aryl methyl sites for hydroxylation is 1. The lowest BCUT2D eigenvalue weighted by Gasteiger charge is -2.14. The Kier molecular flexibility index (Phi) is 3.75. The molecule has 2 heterocycles. The van der Waals surface area contributed by atoms with Crippen molar-refractivity contribution in [2.24, 2.45) is 0 Å². The Morgan fingerprint density at radius 3 is 3.00 bits per heavy atom. The number of thiophene rings is 1. The molecule has 0 unspecified atom stereocenters. The summed E-state index contributed by atoms with van der Waals surface area (Å²) in [6, 6.07) is 5.97. The third-order valence-electron chi connectivity index (χ3n) is 2.46. The normalized spacial score (nSPS) is 9.83. The minimum absolute atomic E-state index is 0.300. The maximum absolute atomic E-state index is 8.66. The first-order chi connectivity index (χ1) is 8.70. The van der Waals surface area contributed by atoms with Crippen molar-refractivity contribution in [3.05, 3.63) is 29.4 Å². The highest BCUT2D eigenvalue weighted by molar-refractivity contribution is 7.14. The summed E-state index contributed by atoms with van der Waals surface area (Å²) in [6.45, 7) is 2.34. The van der Waals surface area contributed by atoms with Crippen molar-refractivity contribution in [1.82, 2.24) is 9.97 Å². The molecule has 0 aliphatic heterocycles. The zero-order chi connectivity index (χ0) is 13.0. The molecule has 18 heavy (non-hydrogen) atoms. The van der Waals surface area contributed by atoms with Gasteiger partial charge in [-0.25, -0.2) is 9.97 Å². The van der Waals surface area contributed by atoms with Crippen LogP contribution in [0.15, 0.2) is 23.8 Å². The van der Waals surface area contributed by atoms with Crippen molar-refractivity contribution >= 4 is 28.0 Å². The zero-order valence-electron chi connectivity index (χ0n) is 10.2. The Bertz CT molecular complexity index is 572. The van der Waals surface area contributed by atoms with Crippen LogP contribution in [0.4, 0.5) is 16.6 Å². The van der Waals surface area contributed by atoms with E-state index < -0.39 is 0 Å². The largest absolute Gasteiger partial charge is 0.346 e. The van der Waals surface area contributed by atoms with E-state index in [1.165, 1.54) is 11.9 Å². The van der Waals surface area contributed by atoms with E-state index in [0.717, 1.165) is 16.6 Å². The molecule has 2 aromatic rings. The van der Waals surface area contributed by atoms with E-state index in [9.17, 15) is 0 Å². The molecule has 0 saturated heterocycles. The average molecular weight is 259 g/mol. The van der Waals surface area contributed by atoms with Crippen LogP contribution in [0.25, 0.3) is 0 Å². The van der Waals surface area contributed by atoms with Crippen molar-refractivity contribution in [3.8, 4) is 6.07 Å². The zero-order valence-corrected chi connectivity index (χ0v) is 11.0. The molecule has 0 amide bonds. The van der Waals surface area contributed by atoms with E-state index in [1.807, 2.05) is 25.4 Å². The predicted octanol–water partition coefficient (Wildman–Crippen LogP) is 2.55. The first kappa shape index (κ1) is 12.3. The van der Waals surface area contributed by atoms with Gasteiger partial charge in [-0.2, -0.15) is 5.26 Å². The van der Waals surface area contributed by atoms with Crippen LogP contribution in [0.2, 0.25) is 0 Å². The molecule has 0 aliphatic carbocycles. The van der Waals surface area contributed by atoms with Crippen LogP contribution in [0.1, 0.15) is 5.56 Å². The molecule has 0 radical (unpaired) electrons. The Morgan fingerprint density at radius 1 is 1.50 bits per heavy atom. The van der Waals surface area contributed by atoms with Crippen molar-refractivity contribution in [3.63, 3.8) is 0 Å². The summed E-state index contributed by atoms with van der Waals surface area (Å²) >= 11 is 1.63. The van der Waals surface area contributed by atoms with Gasteiger partial charge in [0, 0.05) is 13.1 Å². The fourth-order valence-electron chi connectivity index (χ4n) is 1.43. The molecule has 5 nitrogen and oxygen atoms in total. The summed E-state index contributed by atoms with van der Waals surface area (Å²) in [5.74, 6) is 1.46. The summed E-state index contributed by atoms with van der Waals surface area (Å²) < 4.78 is 0. The topological polar surface area (TPSA) is 64.8 Å². The Hall–Kier alpha value is -2.13. The highest BCUT2D eigenvalue weighted by Gasteiger charge is 2.05. The number of hydrogen-bond acceptors (Lipinski definition) is 6. The second-order valence-electron chi connectivity index (χ2n) is 3.83. The molecule has 92 valence electrons. The molecule has 0 aliphatic rings. The molecule has 6 heteroatoms. The van der Waals surface area contributed by atoms with Gasteiger partial charge in [0.25, 0.3) is 0 Å². The molecular formula is C12H13N5S. The number of nitrogens with one attached hydrogen (secondary N) is 1. The lowest BCUT2D eigenvalue weighted by atomic mass is 10.3. The van der Waals surface area contributed by atoms with Gasteiger partial charge >= 0.3 is 0 Å². The maximum atomic E-state index is 8.66. The van der Waals surface area contributed by atoms with Crippen LogP contribution in [0.5, 0.6) is 0 Å². The average Bonchev–Trinajstić information content (AvgIpc) is 2.76. The monoisotopic (exact) mass is 259 g/mol. The number of hydrogen-bond donors (Lipinski definition) is 1. The van der Waals surface area contributed by atoms with Gasteiger partial charge in [-0.05, 0) is 23.9 Å². The summed E-state index contributed by atoms with van der Waals surface area (Å²) in [4.78, 5) is 10.1. The van der Waals surface area contributed by atoms with Gasteiger partial charge in [0.15, 0.2) is 0 Å². The smallest absolute Gasteiger partial charge is 0.136 e. The van der Waals surface area contributed by atoms with E-state index in [0.29, 0.717) is 6.54 Å². The van der Waals surface area contributed by atoms with E-state index >= 15 is 0 Å². The second-order valence-corrected chi connectivity index (χ2v) is 4.75. The van der Waals surface area contributed by atoms with Crippen LogP contribution >= 0.6 is 11.3 Å². The molecule has 0 aromatic carbocycles. The molecule has 0 fully saturated rings. The maximum Gasteiger partial charge on any atom is 0.136 e. The second kappa shape index (κ2) is 5.47. The first-order valence-corrected chi connectivity index (χ1v) is 6.30. The van der Waals surface area contributed by atoms with Crippen LogP contribution in [-0.2, 0) is 0 Å². The van der Waals surface area contributed by atoms with Gasteiger partial charge in [0.1, 0.15) is 24.5 Å². The molecule has 2 rings (SSSR count). The number of nitrogens with zero attached hydrogens (tertiary/aromatic N) is 4. The van der Waals surface area contributed by atoms with Crippen LogP contribution in [0.3, 0.4) is 0 Å². The molecule has 0 spiro atoms. The third kappa shape index (κ3) is 2.76. The van der Waals surface area contributed by atoms with E-state index in [-0.39, 0.29) is 0 Å². The lowest BCUT2D eigenvalue weighted by molar-refractivity contribution is 0.981. The summed E-state index contributed by atoms with van der Waals surface area (Å²) in [5.41, 5.74) is 1.19. The van der Waals surface area contributed by atoms with Gasteiger partial charge in [-0.15, -0.1) is 11.3 Å². The molecule has 1 N–H and O–H groups in total. The molecular weight excluding hydrogens is 246 g/mol. The number of aromatic nitrogens is 2. The van der Waals surface area contributed by atoms with Crippen LogP contribution in [0, 0.1) is 18.3 Å². The Balaban J connectivity index is 2.18. The minimum atomic E-state index is 0.300. The lowest BCUT2D eigenvalue weighted by Crippen LogP contribution is -2.18. The third-order valence-corrected chi connectivity index (χ3v) is 3.39. The van der Waals surface area contributed by atoms with Crippen LogP contribution < -0.4 is 10.2 Å². The van der Waals surface area contributed by atoms with Gasteiger partial charge in [-0.1, -0.05) is 0 Å². The number of rotatable bonds is 4. The van der Waals surface area contributed by atoms with Crippen molar-refractivity contribution in [2.75, 3.05) is 23.8 Å². The Morgan fingerprint density at radius 2 is 2.33 bits per heavy atom. The fourth-order valence-corrected chi connectivity index (χ4v) is 2.25. The quantitative estimate of drug-likeness (QED) is 0.855. The van der Waals surface area contributed by atoms with Gasteiger partial charge in [0.2, 0.25) is 0 Å². The molecule has 0 bridgehead atoms. The Labute approximate surface area is 110 Å². The van der Waals surface area contributed by atoms with E-state index in [2.05, 4.69) is 27.4 Å². The minimum Gasteiger partial charge on any atom is -0.346 e. The highest BCUT2D eigenvalue weighted by atomic mass is 32.1. The molecule has 2 aromatic heterocycles. The fraction of sp³-hybridized carbons (Fsp3) is 0.250. The molecule has 0 saturated carbocycles. The standard InChI is InChI=1S/C12H13N5S/c1-9-3-6-18-12(9)16-10-7-11(15-8-14-10)17(2)5-4-13/h3,6-8H,5H2,1-2H3,(H,14,15,16). The van der Waals surface area contributed by atoms with E-state index in [1.54, 1.807) is 16.2 Å². The van der Waals surface area contributed by atoms with Gasteiger partial charge < -0.3 is 10.2 Å². The SMILES string of the molecule is Cc1ccsc1Nc1cc(N(C)CC#N)ncn1. The van der Waals surface area contributed by atoms with Crippen molar-refractivity contribution in [2.45, 2.75) is 6.92 Å². The first-order valence-electron chi connectivity index (χ1n) is 5.42.